The molecule has 0 atom stereocenters. The third-order valence-electron chi connectivity index (χ3n) is 1.53. The van der Waals surface area contributed by atoms with Crippen LogP contribution in [0.15, 0.2) is 12.2 Å². The van der Waals surface area contributed by atoms with Gasteiger partial charge in [-0.2, -0.15) is 0 Å². The predicted molar refractivity (Wildman–Crippen MR) is 49.0 cm³/mol. The zero-order valence-corrected chi connectivity index (χ0v) is 7.58. The molecule has 0 spiro atoms. The van der Waals surface area contributed by atoms with Crippen LogP contribution in [0.3, 0.4) is 0 Å². The van der Waals surface area contributed by atoms with Crippen LogP contribution in [0.5, 0.6) is 0 Å². The molecule has 0 aromatic heterocycles. The molecule has 0 aliphatic carbocycles. The van der Waals surface area contributed by atoms with E-state index in [1.165, 1.54) is 0 Å². The van der Waals surface area contributed by atoms with Crippen LogP contribution in [0.1, 0.15) is 39.0 Å². The zero-order valence-electron chi connectivity index (χ0n) is 7.58. The van der Waals surface area contributed by atoms with Gasteiger partial charge in [-0.25, -0.2) is 0 Å². The highest BCUT2D eigenvalue weighted by molar-refractivity contribution is 5.89. The number of rotatable bonds is 7. The summed E-state index contributed by atoms with van der Waals surface area (Å²) in [6, 6.07) is 0. The molecule has 12 heavy (non-hydrogen) atoms. The minimum atomic E-state index is 0.169. The van der Waals surface area contributed by atoms with Crippen molar-refractivity contribution in [2.45, 2.75) is 39.0 Å². The first-order valence-corrected chi connectivity index (χ1v) is 4.44. The van der Waals surface area contributed by atoms with Gasteiger partial charge >= 0.3 is 0 Å². The van der Waals surface area contributed by atoms with Crippen molar-refractivity contribution in [1.82, 2.24) is 0 Å². The fourth-order valence-corrected chi connectivity index (χ4v) is 0.813. The van der Waals surface area contributed by atoms with Crippen molar-refractivity contribution in [1.29, 1.82) is 0 Å². The number of unbranched alkanes of at least 4 members (excludes halogenated alkanes) is 2. The Kier molecular flexibility index (Phi) is 7.55. The summed E-state index contributed by atoms with van der Waals surface area (Å²) in [5.41, 5.74) is 0. The van der Waals surface area contributed by atoms with Gasteiger partial charge in [0.2, 0.25) is 0 Å². The number of allylic oxidation sites excluding steroid dienone is 2. The molecule has 0 saturated carbocycles. The molecule has 2 heteroatoms. The number of carbonyl (C=O) groups excluding carboxylic acids is 2. The zero-order chi connectivity index (χ0) is 9.23. The van der Waals surface area contributed by atoms with Crippen molar-refractivity contribution in [2.24, 2.45) is 0 Å². The molecule has 68 valence electrons. The first-order valence-electron chi connectivity index (χ1n) is 4.44. The van der Waals surface area contributed by atoms with Gasteiger partial charge in [0, 0.05) is 12.8 Å². The average molecular weight is 168 g/mol. The number of hydrogen-bond acceptors (Lipinski definition) is 2. The van der Waals surface area contributed by atoms with Crippen LogP contribution in [0.25, 0.3) is 0 Å². The van der Waals surface area contributed by atoms with Crippen LogP contribution >= 0.6 is 0 Å². The minimum Gasteiger partial charge on any atom is -0.303 e. The molecule has 0 heterocycles. The van der Waals surface area contributed by atoms with Crippen molar-refractivity contribution in [3.8, 4) is 0 Å². The molecule has 0 aromatic carbocycles. The summed E-state index contributed by atoms with van der Waals surface area (Å²) >= 11 is 0. The van der Waals surface area contributed by atoms with Gasteiger partial charge in [-0.1, -0.05) is 19.4 Å². The Bertz CT molecular complexity index is 159. The molecule has 0 amide bonds. The van der Waals surface area contributed by atoms with Crippen LogP contribution in [-0.2, 0) is 9.59 Å². The van der Waals surface area contributed by atoms with E-state index in [0.717, 1.165) is 19.1 Å². The normalized spacial score (nSPS) is 10.4. The molecule has 0 aromatic rings. The Morgan fingerprint density at radius 3 is 2.67 bits per heavy atom. The standard InChI is InChI=1S/C10H16O2/c1-2-3-7-10(12)8-5-4-6-9-11/h5,8-9H,2-4,6-7H2,1H3/b8-5+. The highest BCUT2D eigenvalue weighted by atomic mass is 16.1. The maximum atomic E-state index is 11.0. The van der Waals surface area contributed by atoms with E-state index < -0.39 is 0 Å². The summed E-state index contributed by atoms with van der Waals surface area (Å²) in [4.78, 5) is 20.9. The summed E-state index contributed by atoms with van der Waals surface area (Å²) in [6.45, 7) is 2.06. The van der Waals surface area contributed by atoms with Crippen LogP contribution in [0.4, 0.5) is 0 Å². The van der Waals surface area contributed by atoms with Gasteiger partial charge in [0.15, 0.2) is 5.78 Å². The Labute approximate surface area is 73.7 Å². The first-order chi connectivity index (χ1) is 5.81. The summed E-state index contributed by atoms with van der Waals surface area (Å²) in [6.07, 6.45) is 8.05. The van der Waals surface area contributed by atoms with E-state index in [4.69, 9.17) is 0 Å². The lowest BCUT2D eigenvalue weighted by Crippen LogP contribution is -1.91. The molecular formula is C10H16O2. The lowest BCUT2D eigenvalue weighted by Gasteiger charge is -1.90. The molecule has 0 aliphatic heterocycles. The molecule has 0 aliphatic rings. The second-order valence-electron chi connectivity index (χ2n) is 2.72. The van der Waals surface area contributed by atoms with Crippen molar-refractivity contribution >= 4 is 12.1 Å². The molecule has 0 saturated heterocycles. The Balaban J connectivity index is 3.39. The second-order valence-corrected chi connectivity index (χ2v) is 2.72. The van der Waals surface area contributed by atoms with Crippen molar-refractivity contribution in [3.63, 3.8) is 0 Å². The first kappa shape index (κ1) is 11.1. The predicted octanol–water partition coefficient (Wildman–Crippen LogP) is 2.28. The highest BCUT2D eigenvalue weighted by Gasteiger charge is 1.93. The molecule has 0 N–H and O–H groups in total. The van der Waals surface area contributed by atoms with Crippen molar-refractivity contribution < 1.29 is 9.59 Å². The number of carbonyl (C=O) groups is 2. The third-order valence-corrected chi connectivity index (χ3v) is 1.53. The third kappa shape index (κ3) is 7.19. The largest absolute Gasteiger partial charge is 0.303 e. The Hall–Kier alpha value is -0.920. The van der Waals surface area contributed by atoms with Crippen LogP contribution < -0.4 is 0 Å². The molecule has 0 rings (SSSR count). The van der Waals surface area contributed by atoms with E-state index in [0.29, 0.717) is 19.3 Å². The maximum Gasteiger partial charge on any atom is 0.155 e. The van der Waals surface area contributed by atoms with E-state index in [-0.39, 0.29) is 5.78 Å². The lowest BCUT2D eigenvalue weighted by molar-refractivity contribution is -0.114. The van der Waals surface area contributed by atoms with Gasteiger partial charge in [0.25, 0.3) is 0 Å². The van der Waals surface area contributed by atoms with Gasteiger partial charge in [-0.15, -0.1) is 0 Å². The summed E-state index contributed by atoms with van der Waals surface area (Å²) in [7, 11) is 0. The molecule has 2 nitrogen and oxygen atoms in total. The minimum absolute atomic E-state index is 0.169. The summed E-state index contributed by atoms with van der Waals surface area (Å²) in [5, 5.41) is 0. The van der Waals surface area contributed by atoms with Crippen molar-refractivity contribution in [2.75, 3.05) is 0 Å². The van der Waals surface area contributed by atoms with E-state index in [1.54, 1.807) is 12.2 Å². The van der Waals surface area contributed by atoms with Crippen LogP contribution in [-0.4, -0.2) is 12.1 Å². The van der Waals surface area contributed by atoms with Gasteiger partial charge in [-0.05, 0) is 18.9 Å². The Morgan fingerprint density at radius 2 is 2.08 bits per heavy atom. The smallest absolute Gasteiger partial charge is 0.155 e. The highest BCUT2D eigenvalue weighted by Crippen LogP contribution is 1.97. The SMILES string of the molecule is CCCCC(=O)/C=C/CCC=O. The van der Waals surface area contributed by atoms with Crippen LogP contribution in [0.2, 0.25) is 0 Å². The van der Waals surface area contributed by atoms with E-state index in [1.807, 2.05) is 0 Å². The second kappa shape index (κ2) is 8.18. The molecule has 0 radical (unpaired) electrons. The maximum absolute atomic E-state index is 11.0. The number of hydrogen-bond donors (Lipinski definition) is 0. The molecular weight excluding hydrogens is 152 g/mol. The molecule has 0 fully saturated rings. The van der Waals surface area contributed by atoms with E-state index in [2.05, 4.69) is 6.92 Å². The van der Waals surface area contributed by atoms with Gasteiger partial charge < -0.3 is 4.79 Å². The summed E-state index contributed by atoms with van der Waals surface area (Å²) in [5.74, 6) is 0.169. The van der Waals surface area contributed by atoms with Crippen molar-refractivity contribution in [3.05, 3.63) is 12.2 Å². The topological polar surface area (TPSA) is 34.1 Å². The van der Waals surface area contributed by atoms with Gasteiger partial charge in [0.1, 0.15) is 6.29 Å². The number of ketones is 1. The van der Waals surface area contributed by atoms with Gasteiger partial charge in [-0.3, -0.25) is 4.79 Å². The summed E-state index contributed by atoms with van der Waals surface area (Å²) < 4.78 is 0. The lowest BCUT2D eigenvalue weighted by atomic mass is 10.1. The van der Waals surface area contributed by atoms with Gasteiger partial charge in [0.05, 0.1) is 0 Å². The Morgan fingerprint density at radius 1 is 1.33 bits per heavy atom. The average Bonchev–Trinajstić information content (AvgIpc) is 2.09. The quantitative estimate of drug-likeness (QED) is 0.332. The molecule has 0 unspecified atom stereocenters. The molecule has 0 bridgehead atoms. The van der Waals surface area contributed by atoms with E-state index in [9.17, 15) is 9.59 Å². The fraction of sp³-hybridized carbons (Fsp3) is 0.600. The van der Waals surface area contributed by atoms with Crippen LogP contribution in [0, 0.1) is 0 Å². The van der Waals surface area contributed by atoms with E-state index >= 15 is 0 Å². The fourth-order valence-electron chi connectivity index (χ4n) is 0.813. The number of aldehydes is 1. The monoisotopic (exact) mass is 168 g/mol.